The molecule has 0 atom stereocenters. The van der Waals surface area contributed by atoms with Crippen molar-refractivity contribution in [2.24, 2.45) is 0 Å². The van der Waals surface area contributed by atoms with Gasteiger partial charge in [0, 0.05) is 16.1 Å². The quantitative estimate of drug-likeness (QED) is 0.809. The van der Waals surface area contributed by atoms with E-state index in [1.54, 1.807) is 12.3 Å². The number of fused-ring (bicyclic) bond motifs is 1. The second-order valence-corrected chi connectivity index (χ2v) is 6.77. The highest BCUT2D eigenvalue weighted by atomic mass is 79.9. The molecule has 1 aromatic heterocycles. The van der Waals surface area contributed by atoms with Gasteiger partial charge < -0.3 is 0 Å². The summed E-state index contributed by atoms with van der Waals surface area (Å²) in [5.41, 5.74) is 3.69. The van der Waals surface area contributed by atoms with Crippen LogP contribution in [0.4, 0.5) is 0 Å². The van der Waals surface area contributed by atoms with Gasteiger partial charge >= 0.3 is 0 Å². The first kappa shape index (κ1) is 14.4. The van der Waals surface area contributed by atoms with Crippen molar-refractivity contribution in [3.63, 3.8) is 0 Å². The number of nitrogens with zero attached hydrogens (tertiary/aromatic N) is 2. The van der Waals surface area contributed by atoms with Crippen LogP contribution in [-0.2, 0) is 4.79 Å². The maximum Gasteiger partial charge on any atom is 0.270 e. The molecule has 1 saturated heterocycles. The fraction of sp³-hybridized carbons (Fsp3) is 0.0769. The Hall–Kier alpha value is -1.51. The van der Waals surface area contributed by atoms with E-state index in [9.17, 15) is 9.59 Å². The fourth-order valence-electron chi connectivity index (χ4n) is 1.94. The molecule has 0 unspecified atom stereocenters. The lowest BCUT2D eigenvalue weighted by atomic mass is 10.1. The number of carbonyl (C=O) groups is 2. The Kier molecular flexibility index (Phi) is 3.92. The minimum absolute atomic E-state index is 0.224. The first-order valence-corrected chi connectivity index (χ1v) is 8.10. The van der Waals surface area contributed by atoms with Crippen LogP contribution in [0.25, 0.3) is 10.9 Å². The largest absolute Gasteiger partial charge is 0.272 e. The number of benzene rings is 1. The van der Waals surface area contributed by atoms with Crippen LogP contribution >= 0.6 is 39.9 Å². The molecule has 5 nitrogen and oxygen atoms in total. The Balaban J connectivity index is 1.96. The second kappa shape index (κ2) is 5.70. The van der Waals surface area contributed by atoms with Crippen LogP contribution in [-0.4, -0.2) is 31.9 Å². The summed E-state index contributed by atoms with van der Waals surface area (Å²) in [7, 11) is 0. The highest BCUT2D eigenvalue weighted by Gasteiger charge is 2.29. The van der Waals surface area contributed by atoms with E-state index in [1.165, 1.54) is 11.8 Å². The molecular weight excluding hydrogens is 374 g/mol. The summed E-state index contributed by atoms with van der Waals surface area (Å²) in [6, 6.07) is 7.10. The zero-order valence-corrected chi connectivity index (χ0v) is 13.7. The highest BCUT2D eigenvalue weighted by Crippen LogP contribution is 2.22. The number of halogens is 1. The van der Waals surface area contributed by atoms with Crippen molar-refractivity contribution in [1.82, 2.24) is 15.4 Å². The number of thioether (sulfide) groups is 1. The molecule has 21 heavy (non-hydrogen) atoms. The highest BCUT2D eigenvalue weighted by molar-refractivity contribution is 9.10. The minimum atomic E-state index is -0.390. The number of hydrazine groups is 1. The summed E-state index contributed by atoms with van der Waals surface area (Å²) < 4.78 is 1.20. The van der Waals surface area contributed by atoms with Crippen LogP contribution in [0.1, 0.15) is 10.4 Å². The normalized spacial score (nSPS) is 14.8. The van der Waals surface area contributed by atoms with Gasteiger partial charge in [0.15, 0.2) is 4.32 Å². The molecule has 2 amide bonds. The summed E-state index contributed by atoms with van der Waals surface area (Å²) in [5, 5.41) is 1.82. The van der Waals surface area contributed by atoms with Gasteiger partial charge in [-0.2, -0.15) is 0 Å². The summed E-state index contributed by atoms with van der Waals surface area (Å²) in [6.07, 6.45) is 1.56. The predicted octanol–water partition coefficient (Wildman–Crippen LogP) is 2.50. The summed E-state index contributed by atoms with van der Waals surface area (Å²) in [6.45, 7) is 0. The molecule has 2 aromatic rings. The second-order valence-electron chi connectivity index (χ2n) is 4.24. The van der Waals surface area contributed by atoms with E-state index in [4.69, 9.17) is 12.2 Å². The van der Waals surface area contributed by atoms with Crippen molar-refractivity contribution in [3.8, 4) is 0 Å². The monoisotopic (exact) mass is 381 g/mol. The number of amides is 2. The Morgan fingerprint density at radius 2 is 2.24 bits per heavy atom. The lowest BCUT2D eigenvalue weighted by molar-refractivity contribution is -0.125. The summed E-state index contributed by atoms with van der Waals surface area (Å²) in [5.74, 6) is -0.363. The standard InChI is InChI=1S/C13H8BrN3O2S2/c14-7-1-2-10-9(5-7)8(3-4-15-10)12(19)16-17-11(18)6-21-13(17)20/h1-5H,6H2,(H,16,19). The Morgan fingerprint density at radius 1 is 1.43 bits per heavy atom. The van der Waals surface area contributed by atoms with Gasteiger partial charge in [-0.3, -0.25) is 20.0 Å². The number of pyridine rings is 1. The summed E-state index contributed by atoms with van der Waals surface area (Å²) in [4.78, 5) is 28.3. The molecule has 0 bridgehead atoms. The Morgan fingerprint density at radius 3 is 2.95 bits per heavy atom. The predicted molar refractivity (Wildman–Crippen MR) is 88.8 cm³/mol. The molecule has 106 valence electrons. The van der Waals surface area contributed by atoms with Gasteiger partial charge in [0.05, 0.1) is 16.8 Å². The average Bonchev–Trinajstić information content (AvgIpc) is 2.78. The molecule has 3 rings (SSSR count). The van der Waals surface area contributed by atoms with Crippen LogP contribution in [0.5, 0.6) is 0 Å². The van der Waals surface area contributed by atoms with Crippen molar-refractivity contribution in [1.29, 1.82) is 0 Å². The van der Waals surface area contributed by atoms with Crippen LogP contribution in [0.2, 0.25) is 0 Å². The number of hydrogen-bond donors (Lipinski definition) is 1. The van der Waals surface area contributed by atoms with Crippen LogP contribution < -0.4 is 5.43 Å². The molecule has 0 saturated carbocycles. The number of hydrogen-bond acceptors (Lipinski definition) is 5. The number of aromatic nitrogens is 1. The van der Waals surface area contributed by atoms with E-state index in [0.717, 1.165) is 9.48 Å². The van der Waals surface area contributed by atoms with Crippen LogP contribution in [0.3, 0.4) is 0 Å². The van der Waals surface area contributed by atoms with Crippen molar-refractivity contribution in [2.45, 2.75) is 0 Å². The Bertz CT molecular complexity index is 765. The van der Waals surface area contributed by atoms with Crippen molar-refractivity contribution >= 4 is 66.9 Å². The molecule has 1 aliphatic rings. The van der Waals surface area contributed by atoms with Crippen LogP contribution in [0.15, 0.2) is 34.9 Å². The van der Waals surface area contributed by atoms with Gasteiger partial charge in [0.2, 0.25) is 0 Å². The lowest BCUT2D eigenvalue weighted by Crippen LogP contribution is -2.45. The van der Waals surface area contributed by atoms with Gasteiger partial charge in [0.1, 0.15) is 0 Å². The maximum atomic E-state index is 12.4. The number of nitrogens with one attached hydrogen (secondary N) is 1. The molecule has 1 aliphatic heterocycles. The van der Waals surface area contributed by atoms with Gasteiger partial charge in [-0.25, -0.2) is 5.01 Å². The first-order valence-electron chi connectivity index (χ1n) is 5.91. The maximum absolute atomic E-state index is 12.4. The van der Waals surface area contributed by atoms with Crippen molar-refractivity contribution in [3.05, 3.63) is 40.5 Å². The Labute approximate surface area is 138 Å². The number of thiocarbonyl (C=S) groups is 1. The molecule has 1 fully saturated rings. The fourth-order valence-corrected chi connectivity index (χ4v) is 3.28. The van der Waals surface area contributed by atoms with E-state index >= 15 is 0 Å². The smallest absolute Gasteiger partial charge is 0.270 e. The van der Waals surface area contributed by atoms with Crippen molar-refractivity contribution in [2.75, 3.05) is 5.75 Å². The lowest BCUT2D eigenvalue weighted by Gasteiger charge is -2.16. The molecular formula is C13H8BrN3O2S2. The zero-order chi connectivity index (χ0) is 15.0. The molecule has 0 aliphatic carbocycles. The third kappa shape index (κ3) is 2.78. The van der Waals surface area contributed by atoms with Gasteiger partial charge in [-0.05, 0) is 24.3 Å². The van der Waals surface area contributed by atoms with Gasteiger partial charge in [0.25, 0.3) is 11.8 Å². The zero-order valence-electron chi connectivity index (χ0n) is 10.5. The van der Waals surface area contributed by atoms with E-state index in [2.05, 4.69) is 26.3 Å². The average molecular weight is 382 g/mol. The molecule has 1 N–H and O–H groups in total. The number of carbonyl (C=O) groups excluding carboxylic acids is 2. The van der Waals surface area contributed by atoms with E-state index in [-0.39, 0.29) is 11.7 Å². The van der Waals surface area contributed by atoms with Crippen molar-refractivity contribution < 1.29 is 9.59 Å². The SMILES string of the molecule is O=C(NN1C(=O)CSC1=S)c1ccnc2ccc(Br)cc12. The summed E-state index contributed by atoms with van der Waals surface area (Å²) >= 11 is 9.64. The van der Waals surface area contributed by atoms with Crippen LogP contribution in [0, 0.1) is 0 Å². The number of rotatable bonds is 2. The molecule has 2 heterocycles. The topological polar surface area (TPSA) is 62.3 Å². The molecule has 8 heteroatoms. The van der Waals surface area contributed by atoms with E-state index in [1.807, 2.05) is 18.2 Å². The van der Waals surface area contributed by atoms with E-state index in [0.29, 0.717) is 20.8 Å². The van der Waals surface area contributed by atoms with E-state index < -0.39 is 5.91 Å². The molecule has 0 spiro atoms. The first-order chi connectivity index (χ1) is 10.1. The van der Waals surface area contributed by atoms with Gasteiger partial charge in [-0.15, -0.1) is 0 Å². The van der Waals surface area contributed by atoms with Gasteiger partial charge in [-0.1, -0.05) is 39.9 Å². The third-order valence-corrected chi connectivity index (χ3v) is 4.76. The third-order valence-electron chi connectivity index (χ3n) is 2.91. The minimum Gasteiger partial charge on any atom is -0.272 e. The molecule has 0 radical (unpaired) electrons. The molecule has 1 aromatic carbocycles.